The lowest BCUT2D eigenvalue weighted by atomic mass is 10.0. The van der Waals surface area contributed by atoms with Crippen LogP contribution in [-0.2, 0) is 6.18 Å². The summed E-state index contributed by atoms with van der Waals surface area (Å²) >= 11 is 0. The molecule has 2 heterocycles. The zero-order chi connectivity index (χ0) is 29.3. The van der Waals surface area contributed by atoms with Gasteiger partial charge in [0.25, 0.3) is 5.91 Å². The molecule has 40 heavy (non-hydrogen) atoms. The fourth-order valence-corrected chi connectivity index (χ4v) is 4.71. The molecule has 5 nitrogen and oxygen atoms in total. The van der Waals surface area contributed by atoms with Crippen LogP contribution in [0.15, 0.2) is 71.7 Å². The van der Waals surface area contributed by atoms with E-state index in [-0.39, 0.29) is 5.91 Å². The van der Waals surface area contributed by atoms with Gasteiger partial charge in [0.2, 0.25) is 0 Å². The molecular formula is C32H39F3N4O. The predicted molar refractivity (Wildman–Crippen MR) is 160 cm³/mol. The lowest BCUT2D eigenvalue weighted by Gasteiger charge is -2.36. The standard InChI is InChI=1S/C28H27F3N4O.2C2H6/c1-2-6-23-22-9-3-4-10-24(22)32-25-12-11-19(17-26(25)33-23)27(36)35-15-13-34(14-16-35)21-8-5-7-20(18-21)28(29,30)31;2*1-2/h3-5,7-12,17-18,32H,2,6,13-16H2,1H3;2*1-2H3. The molecule has 1 fully saturated rings. The molecule has 0 spiro atoms. The van der Waals surface area contributed by atoms with Gasteiger partial charge in [-0.05, 0) is 48.9 Å². The number of aliphatic imine (C=N–C) groups is 1. The molecule has 214 valence electrons. The van der Waals surface area contributed by atoms with E-state index in [2.05, 4.69) is 18.3 Å². The van der Waals surface area contributed by atoms with Crippen molar-refractivity contribution in [2.24, 2.45) is 4.99 Å². The van der Waals surface area contributed by atoms with Crippen LogP contribution in [0.2, 0.25) is 0 Å². The average Bonchev–Trinajstić information content (AvgIpc) is 3.15. The fraction of sp³-hybridized carbons (Fsp3) is 0.375. The Labute approximate surface area is 235 Å². The first-order valence-corrected chi connectivity index (χ1v) is 14.1. The van der Waals surface area contributed by atoms with Gasteiger partial charge in [0.15, 0.2) is 0 Å². The van der Waals surface area contributed by atoms with Crippen molar-refractivity contribution < 1.29 is 18.0 Å². The lowest BCUT2D eigenvalue weighted by Crippen LogP contribution is -2.48. The van der Waals surface area contributed by atoms with E-state index in [1.807, 2.05) is 62.9 Å². The van der Waals surface area contributed by atoms with Crippen LogP contribution in [0.1, 0.15) is 68.9 Å². The smallest absolute Gasteiger partial charge is 0.368 e. The second-order valence-corrected chi connectivity index (χ2v) is 9.04. The Morgan fingerprint density at radius 3 is 2.25 bits per heavy atom. The zero-order valence-electron chi connectivity index (χ0n) is 24.0. The third-order valence-electron chi connectivity index (χ3n) is 6.60. The van der Waals surface area contributed by atoms with E-state index in [9.17, 15) is 18.0 Å². The average molecular weight is 553 g/mol. The van der Waals surface area contributed by atoms with Gasteiger partial charge in [0.05, 0.1) is 22.6 Å². The van der Waals surface area contributed by atoms with Gasteiger partial charge in [-0.1, -0.05) is 65.3 Å². The second kappa shape index (κ2) is 14.0. The summed E-state index contributed by atoms with van der Waals surface area (Å²) in [5, 5.41) is 3.45. The normalized spacial score (nSPS) is 14.2. The Hall–Kier alpha value is -3.81. The van der Waals surface area contributed by atoms with Gasteiger partial charge in [0, 0.05) is 48.7 Å². The van der Waals surface area contributed by atoms with Crippen LogP contribution in [0.5, 0.6) is 0 Å². The number of amides is 1. The highest BCUT2D eigenvalue weighted by Gasteiger charge is 2.31. The number of nitrogens with one attached hydrogen (secondary N) is 1. The van der Waals surface area contributed by atoms with E-state index in [0.717, 1.165) is 47.2 Å². The Kier molecular flexibility index (Phi) is 10.8. The molecular weight excluding hydrogens is 513 g/mol. The van der Waals surface area contributed by atoms with Gasteiger partial charge in [-0.3, -0.25) is 9.79 Å². The Morgan fingerprint density at radius 1 is 0.875 bits per heavy atom. The van der Waals surface area contributed by atoms with Crippen LogP contribution in [0.4, 0.5) is 35.9 Å². The zero-order valence-corrected chi connectivity index (χ0v) is 24.0. The van der Waals surface area contributed by atoms with Crippen molar-refractivity contribution in [1.29, 1.82) is 0 Å². The second-order valence-electron chi connectivity index (χ2n) is 9.04. The number of rotatable bonds is 4. The molecule has 0 atom stereocenters. The Bertz CT molecular complexity index is 1310. The Balaban J connectivity index is 0.00000106. The van der Waals surface area contributed by atoms with Gasteiger partial charge in [0.1, 0.15) is 0 Å². The number of hydrogen-bond acceptors (Lipinski definition) is 4. The number of para-hydroxylation sites is 1. The maximum atomic E-state index is 13.3. The molecule has 2 aliphatic rings. The molecule has 0 aliphatic carbocycles. The van der Waals surface area contributed by atoms with Crippen LogP contribution in [0, 0.1) is 0 Å². The summed E-state index contributed by atoms with van der Waals surface area (Å²) in [6.45, 7) is 11.9. The van der Waals surface area contributed by atoms with E-state index in [1.165, 1.54) is 12.1 Å². The summed E-state index contributed by atoms with van der Waals surface area (Å²) in [6, 6.07) is 18.9. The van der Waals surface area contributed by atoms with Gasteiger partial charge in [-0.2, -0.15) is 13.2 Å². The summed E-state index contributed by atoms with van der Waals surface area (Å²) in [5.41, 5.74) is 5.02. The van der Waals surface area contributed by atoms with Crippen molar-refractivity contribution in [3.05, 3.63) is 83.4 Å². The SMILES string of the molecule is CC.CC.CCCC1=Nc2cc(C(=O)N3CCN(c4cccc(C(F)(F)F)c4)CC3)ccc2Nc2ccccc21. The number of halogens is 3. The highest BCUT2D eigenvalue weighted by molar-refractivity contribution is 6.09. The first-order valence-electron chi connectivity index (χ1n) is 14.1. The third-order valence-corrected chi connectivity index (χ3v) is 6.60. The van der Waals surface area contributed by atoms with Crippen LogP contribution >= 0.6 is 0 Å². The number of anilines is 3. The topological polar surface area (TPSA) is 47.9 Å². The van der Waals surface area contributed by atoms with Crippen molar-refractivity contribution in [3.8, 4) is 0 Å². The number of piperazine rings is 1. The van der Waals surface area contributed by atoms with E-state index in [1.54, 1.807) is 17.0 Å². The van der Waals surface area contributed by atoms with Crippen LogP contribution in [0.3, 0.4) is 0 Å². The first kappa shape index (κ1) is 30.7. The Morgan fingerprint density at radius 2 is 1.57 bits per heavy atom. The van der Waals surface area contributed by atoms with Crippen molar-refractivity contribution in [2.45, 2.75) is 53.6 Å². The molecule has 3 aromatic rings. The number of carbonyl (C=O) groups is 1. The number of benzene rings is 3. The molecule has 3 aromatic carbocycles. The number of hydrogen-bond donors (Lipinski definition) is 1. The van der Waals surface area contributed by atoms with E-state index in [0.29, 0.717) is 37.4 Å². The minimum absolute atomic E-state index is 0.101. The van der Waals surface area contributed by atoms with Gasteiger partial charge in [-0.15, -0.1) is 0 Å². The summed E-state index contributed by atoms with van der Waals surface area (Å²) in [4.78, 5) is 21.9. The van der Waals surface area contributed by atoms with Gasteiger partial charge >= 0.3 is 6.18 Å². The minimum Gasteiger partial charge on any atom is -0.368 e. The maximum absolute atomic E-state index is 13.3. The maximum Gasteiger partial charge on any atom is 0.416 e. The fourth-order valence-electron chi connectivity index (χ4n) is 4.71. The summed E-state index contributed by atoms with van der Waals surface area (Å²) < 4.78 is 39.3. The minimum atomic E-state index is -4.38. The molecule has 0 saturated carbocycles. The largest absolute Gasteiger partial charge is 0.416 e. The molecule has 1 amide bonds. The van der Waals surface area contributed by atoms with Crippen LogP contribution in [-0.4, -0.2) is 42.7 Å². The first-order chi connectivity index (χ1) is 19.3. The summed E-state index contributed by atoms with van der Waals surface area (Å²) in [6.07, 6.45) is -2.60. The number of nitrogens with zero attached hydrogens (tertiary/aromatic N) is 3. The van der Waals surface area contributed by atoms with Crippen molar-refractivity contribution >= 4 is 34.4 Å². The third kappa shape index (κ3) is 7.03. The molecule has 2 aliphatic heterocycles. The predicted octanol–water partition coefficient (Wildman–Crippen LogP) is 8.70. The van der Waals surface area contributed by atoms with E-state index >= 15 is 0 Å². The summed E-state index contributed by atoms with van der Waals surface area (Å²) in [7, 11) is 0. The molecule has 0 unspecified atom stereocenters. The molecule has 8 heteroatoms. The van der Waals surface area contributed by atoms with Crippen LogP contribution < -0.4 is 10.2 Å². The highest BCUT2D eigenvalue weighted by atomic mass is 19.4. The molecule has 0 aromatic heterocycles. The summed E-state index contributed by atoms with van der Waals surface area (Å²) in [5.74, 6) is -0.101. The van der Waals surface area contributed by atoms with Crippen molar-refractivity contribution in [2.75, 3.05) is 36.4 Å². The van der Waals surface area contributed by atoms with Crippen LogP contribution in [0.25, 0.3) is 0 Å². The van der Waals surface area contributed by atoms with Gasteiger partial charge < -0.3 is 15.1 Å². The molecule has 1 N–H and O–H groups in total. The van der Waals surface area contributed by atoms with Crippen molar-refractivity contribution in [1.82, 2.24) is 4.90 Å². The molecule has 1 saturated heterocycles. The quantitative estimate of drug-likeness (QED) is 0.352. The lowest BCUT2D eigenvalue weighted by molar-refractivity contribution is -0.137. The molecule has 0 radical (unpaired) electrons. The molecule has 0 bridgehead atoms. The molecule has 5 rings (SSSR count). The monoisotopic (exact) mass is 552 g/mol. The van der Waals surface area contributed by atoms with Crippen molar-refractivity contribution in [3.63, 3.8) is 0 Å². The van der Waals surface area contributed by atoms with E-state index in [4.69, 9.17) is 4.99 Å². The van der Waals surface area contributed by atoms with Gasteiger partial charge in [-0.25, -0.2) is 0 Å². The highest BCUT2D eigenvalue weighted by Crippen LogP contribution is 2.36. The number of alkyl halides is 3. The van der Waals surface area contributed by atoms with E-state index < -0.39 is 11.7 Å². The number of fused-ring (bicyclic) bond motifs is 2. The number of carbonyl (C=O) groups excluding carboxylic acids is 1.